The van der Waals surface area contributed by atoms with E-state index in [-0.39, 0.29) is 11.5 Å². The van der Waals surface area contributed by atoms with Crippen LogP contribution in [0.4, 0.5) is 0 Å². The monoisotopic (exact) mass is 258 g/mol. The maximum absolute atomic E-state index is 12.1. The molecule has 0 saturated heterocycles. The van der Waals surface area contributed by atoms with E-state index in [1.807, 2.05) is 32.0 Å². The molecule has 0 radical (unpaired) electrons. The number of para-hydroxylation sites is 1. The molecule has 98 valence electrons. The minimum absolute atomic E-state index is 0.254. The van der Waals surface area contributed by atoms with Crippen LogP contribution in [0.3, 0.4) is 0 Å². The van der Waals surface area contributed by atoms with Crippen LogP contribution in [-0.2, 0) is 6.54 Å². The van der Waals surface area contributed by atoms with Crippen LogP contribution >= 0.6 is 0 Å². The highest BCUT2D eigenvalue weighted by molar-refractivity contribution is 6.00. The van der Waals surface area contributed by atoms with Crippen molar-refractivity contribution in [2.45, 2.75) is 20.4 Å². The van der Waals surface area contributed by atoms with Gasteiger partial charge < -0.3 is 9.40 Å². The summed E-state index contributed by atoms with van der Waals surface area (Å²) in [5.74, 6) is -0.227. The lowest BCUT2D eigenvalue weighted by Crippen LogP contribution is -2.21. The van der Waals surface area contributed by atoms with Gasteiger partial charge in [0.15, 0.2) is 11.1 Å². The molecule has 5 heteroatoms. The Balaban J connectivity index is 2.49. The highest BCUT2D eigenvalue weighted by Crippen LogP contribution is 2.20. The molecule has 19 heavy (non-hydrogen) atoms. The molecule has 0 amide bonds. The van der Waals surface area contributed by atoms with Crippen LogP contribution in [0.15, 0.2) is 38.3 Å². The number of nitrogens with one attached hydrogen (secondary N) is 1. The molecule has 5 nitrogen and oxygen atoms in total. The van der Waals surface area contributed by atoms with Gasteiger partial charge in [-0.25, -0.2) is 4.79 Å². The molecule has 2 heterocycles. The highest BCUT2D eigenvalue weighted by Gasteiger charge is 2.16. The fraction of sp³-hybridized carbons (Fsp3) is 0.286. The van der Waals surface area contributed by atoms with E-state index in [1.54, 1.807) is 6.07 Å². The van der Waals surface area contributed by atoms with Crippen molar-refractivity contribution in [3.8, 4) is 0 Å². The lowest BCUT2D eigenvalue weighted by Gasteiger charge is -2.04. The fourth-order valence-corrected chi connectivity index (χ4v) is 2.32. The maximum atomic E-state index is 12.1. The van der Waals surface area contributed by atoms with Gasteiger partial charge in [-0.15, -0.1) is 0 Å². The number of aromatic nitrogens is 2. The van der Waals surface area contributed by atoms with Crippen molar-refractivity contribution in [1.29, 1.82) is 0 Å². The van der Waals surface area contributed by atoms with Gasteiger partial charge in [0, 0.05) is 11.9 Å². The van der Waals surface area contributed by atoms with E-state index in [4.69, 9.17) is 4.42 Å². The second-order valence-corrected chi connectivity index (χ2v) is 5.05. The molecular formula is C14H14N2O3. The van der Waals surface area contributed by atoms with Crippen LogP contribution in [0.25, 0.3) is 22.0 Å². The number of aromatic amines is 1. The summed E-state index contributed by atoms with van der Waals surface area (Å²) in [5, 5.41) is 0.747. The quantitative estimate of drug-likeness (QED) is 0.765. The topological polar surface area (TPSA) is 68.0 Å². The van der Waals surface area contributed by atoms with Crippen molar-refractivity contribution in [3.63, 3.8) is 0 Å². The first-order chi connectivity index (χ1) is 9.08. The summed E-state index contributed by atoms with van der Waals surface area (Å²) in [5.41, 5.74) is 1.06. The molecule has 0 fully saturated rings. The molecular weight excluding hydrogens is 244 g/mol. The summed E-state index contributed by atoms with van der Waals surface area (Å²) in [6.45, 7) is 4.44. The number of oxazole rings is 1. The first kappa shape index (κ1) is 11.8. The molecule has 0 aliphatic heterocycles. The normalized spacial score (nSPS) is 11.7. The largest absolute Gasteiger partial charge is 0.420 e. The Morgan fingerprint density at radius 1 is 1.26 bits per heavy atom. The molecule has 3 rings (SSSR count). The van der Waals surface area contributed by atoms with Crippen LogP contribution in [0.2, 0.25) is 0 Å². The summed E-state index contributed by atoms with van der Waals surface area (Å²) in [4.78, 5) is 26.8. The van der Waals surface area contributed by atoms with Crippen LogP contribution in [0, 0.1) is 5.92 Å². The first-order valence-electron chi connectivity index (χ1n) is 6.22. The Labute approximate surface area is 108 Å². The number of rotatable bonds is 2. The zero-order valence-electron chi connectivity index (χ0n) is 10.8. The summed E-state index contributed by atoms with van der Waals surface area (Å²) >= 11 is 0. The van der Waals surface area contributed by atoms with Crippen molar-refractivity contribution in [3.05, 3.63) is 45.2 Å². The van der Waals surface area contributed by atoms with Crippen molar-refractivity contribution < 1.29 is 4.42 Å². The van der Waals surface area contributed by atoms with Crippen molar-refractivity contribution in [2.75, 3.05) is 0 Å². The zero-order chi connectivity index (χ0) is 13.6. The smallest absolute Gasteiger partial charge is 0.407 e. The SMILES string of the molecule is CC(C)Cn1c(=O)oc2c3ccccc3[nH]c(=O)c21. The van der Waals surface area contributed by atoms with Gasteiger partial charge in [-0.3, -0.25) is 9.36 Å². The summed E-state index contributed by atoms with van der Waals surface area (Å²) in [7, 11) is 0. The average molecular weight is 258 g/mol. The van der Waals surface area contributed by atoms with Gasteiger partial charge in [0.25, 0.3) is 5.56 Å². The molecule has 0 spiro atoms. The summed E-state index contributed by atoms with van der Waals surface area (Å²) in [6.07, 6.45) is 0. The average Bonchev–Trinajstić information content (AvgIpc) is 2.67. The lowest BCUT2D eigenvalue weighted by molar-refractivity contribution is 0.459. The van der Waals surface area contributed by atoms with Gasteiger partial charge in [0.05, 0.1) is 5.52 Å². The standard InChI is InChI=1S/C14H14N2O3/c1-8(2)7-16-11-12(19-14(16)18)9-5-3-4-6-10(9)15-13(11)17/h3-6,8H,7H2,1-2H3,(H,15,17). The van der Waals surface area contributed by atoms with Crippen LogP contribution < -0.4 is 11.3 Å². The number of pyridine rings is 1. The van der Waals surface area contributed by atoms with Crippen LogP contribution in [0.1, 0.15) is 13.8 Å². The van der Waals surface area contributed by atoms with E-state index in [0.29, 0.717) is 23.2 Å². The van der Waals surface area contributed by atoms with Crippen molar-refractivity contribution in [2.24, 2.45) is 5.92 Å². The molecule has 1 aromatic carbocycles. The second-order valence-electron chi connectivity index (χ2n) is 5.05. The Bertz CT molecular complexity index is 868. The van der Waals surface area contributed by atoms with E-state index < -0.39 is 5.76 Å². The third-order valence-electron chi connectivity index (χ3n) is 3.08. The van der Waals surface area contributed by atoms with Crippen LogP contribution in [0.5, 0.6) is 0 Å². The van der Waals surface area contributed by atoms with E-state index in [9.17, 15) is 9.59 Å². The number of hydrogen-bond acceptors (Lipinski definition) is 3. The van der Waals surface area contributed by atoms with Crippen molar-refractivity contribution in [1.82, 2.24) is 9.55 Å². The molecule has 2 aromatic heterocycles. The van der Waals surface area contributed by atoms with Gasteiger partial charge in [-0.2, -0.15) is 0 Å². The molecule has 0 aliphatic rings. The van der Waals surface area contributed by atoms with E-state index >= 15 is 0 Å². The summed E-state index contributed by atoms with van der Waals surface area (Å²) in [6, 6.07) is 7.29. The van der Waals surface area contributed by atoms with Crippen molar-refractivity contribution >= 4 is 22.0 Å². The lowest BCUT2D eigenvalue weighted by atomic mass is 10.2. The molecule has 0 atom stereocenters. The molecule has 0 saturated carbocycles. The fourth-order valence-electron chi connectivity index (χ4n) is 2.32. The number of nitrogens with zero attached hydrogens (tertiary/aromatic N) is 1. The number of hydrogen-bond donors (Lipinski definition) is 1. The van der Waals surface area contributed by atoms with Gasteiger partial charge in [0.1, 0.15) is 0 Å². The molecule has 1 N–H and O–H groups in total. The third-order valence-corrected chi connectivity index (χ3v) is 3.08. The van der Waals surface area contributed by atoms with E-state index in [0.717, 1.165) is 5.39 Å². The zero-order valence-corrected chi connectivity index (χ0v) is 10.8. The van der Waals surface area contributed by atoms with Gasteiger partial charge >= 0.3 is 5.76 Å². The third kappa shape index (κ3) is 1.78. The number of H-pyrrole nitrogens is 1. The van der Waals surface area contributed by atoms with Gasteiger partial charge in [-0.05, 0) is 18.1 Å². The molecule has 0 bridgehead atoms. The Kier molecular flexibility index (Phi) is 2.55. The molecule has 0 aliphatic carbocycles. The number of benzene rings is 1. The van der Waals surface area contributed by atoms with E-state index in [2.05, 4.69) is 4.98 Å². The summed E-state index contributed by atoms with van der Waals surface area (Å²) < 4.78 is 6.69. The first-order valence-corrected chi connectivity index (χ1v) is 6.22. The molecule has 3 aromatic rings. The van der Waals surface area contributed by atoms with Gasteiger partial charge in [0.2, 0.25) is 0 Å². The highest BCUT2D eigenvalue weighted by atomic mass is 16.4. The predicted molar refractivity (Wildman–Crippen MR) is 73.4 cm³/mol. The minimum atomic E-state index is -0.481. The Hall–Kier alpha value is -2.30. The van der Waals surface area contributed by atoms with Gasteiger partial charge in [-0.1, -0.05) is 26.0 Å². The van der Waals surface area contributed by atoms with E-state index in [1.165, 1.54) is 4.57 Å². The molecule has 0 unspecified atom stereocenters. The number of fused-ring (bicyclic) bond motifs is 3. The predicted octanol–water partition coefficient (Wildman–Crippen LogP) is 2.09. The minimum Gasteiger partial charge on any atom is -0.407 e. The maximum Gasteiger partial charge on any atom is 0.420 e. The Morgan fingerprint density at radius 3 is 2.74 bits per heavy atom. The van der Waals surface area contributed by atoms with Crippen LogP contribution in [-0.4, -0.2) is 9.55 Å². The Morgan fingerprint density at radius 2 is 2.00 bits per heavy atom. The second kappa shape index (κ2) is 4.12.